The fourth-order valence-electron chi connectivity index (χ4n) is 1.18. The van der Waals surface area contributed by atoms with E-state index < -0.39 is 5.97 Å². The number of carbonyl (C=O) groups excluding carboxylic acids is 2. The highest BCUT2D eigenvalue weighted by atomic mass is 16.4. The van der Waals surface area contributed by atoms with E-state index in [2.05, 4.69) is 0 Å². The number of carbonyl (C=O) groups is 2. The Morgan fingerprint density at radius 3 is 2.30 bits per heavy atom. The number of ketones is 1. The summed E-state index contributed by atoms with van der Waals surface area (Å²) in [6.45, 7) is 0. The van der Waals surface area contributed by atoms with Crippen molar-refractivity contribution >= 4 is 11.8 Å². The van der Waals surface area contributed by atoms with Gasteiger partial charge < -0.3 is 9.90 Å². The standard InChI is InChI=1S/C7H10O3/c8-6-3-1-5(2-4-6)7(9)10/h5H,1-4H2,(H,9,10)/p-1. The first kappa shape index (κ1) is 7.25. The molecule has 0 aromatic heterocycles. The van der Waals surface area contributed by atoms with Crippen molar-refractivity contribution < 1.29 is 14.7 Å². The Morgan fingerprint density at radius 1 is 1.40 bits per heavy atom. The quantitative estimate of drug-likeness (QED) is 0.494. The molecule has 1 saturated carbocycles. The zero-order valence-corrected chi connectivity index (χ0v) is 5.63. The van der Waals surface area contributed by atoms with E-state index in [9.17, 15) is 14.7 Å². The highest BCUT2D eigenvalue weighted by molar-refractivity contribution is 5.81. The zero-order valence-electron chi connectivity index (χ0n) is 5.63. The van der Waals surface area contributed by atoms with E-state index in [1.54, 1.807) is 0 Å². The van der Waals surface area contributed by atoms with Crippen molar-refractivity contribution in [3.63, 3.8) is 0 Å². The van der Waals surface area contributed by atoms with E-state index in [1.165, 1.54) is 0 Å². The monoisotopic (exact) mass is 141 g/mol. The van der Waals surface area contributed by atoms with Crippen molar-refractivity contribution in [2.75, 3.05) is 0 Å². The number of hydrogen-bond donors (Lipinski definition) is 0. The Bertz CT molecular complexity index is 152. The normalized spacial score (nSPS) is 21.0. The van der Waals surface area contributed by atoms with Crippen molar-refractivity contribution in [1.29, 1.82) is 0 Å². The molecule has 10 heavy (non-hydrogen) atoms. The molecule has 0 N–H and O–H groups in total. The van der Waals surface area contributed by atoms with Crippen LogP contribution in [0.2, 0.25) is 0 Å². The summed E-state index contributed by atoms with van der Waals surface area (Å²) in [6.07, 6.45) is 1.78. The lowest BCUT2D eigenvalue weighted by Crippen LogP contribution is -2.33. The SMILES string of the molecule is O=C1CCC(C(=O)[O-])CC1. The molecular formula is C7H9O3-. The largest absolute Gasteiger partial charge is 0.550 e. The molecule has 1 aliphatic carbocycles. The van der Waals surface area contributed by atoms with Crippen molar-refractivity contribution in [1.82, 2.24) is 0 Å². The molecule has 0 aromatic carbocycles. The van der Waals surface area contributed by atoms with E-state index in [1.807, 2.05) is 0 Å². The van der Waals surface area contributed by atoms with Crippen molar-refractivity contribution in [3.05, 3.63) is 0 Å². The van der Waals surface area contributed by atoms with Gasteiger partial charge in [0.25, 0.3) is 0 Å². The summed E-state index contributed by atoms with van der Waals surface area (Å²) in [5, 5.41) is 10.2. The van der Waals surface area contributed by atoms with Crippen LogP contribution in [0.1, 0.15) is 25.7 Å². The molecule has 0 saturated heterocycles. The minimum atomic E-state index is -1.01. The number of hydrogen-bond acceptors (Lipinski definition) is 3. The van der Waals surface area contributed by atoms with Crippen molar-refractivity contribution in [2.24, 2.45) is 5.92 Å². The molecule has 0 spiro atoms. The molecule has 1 fully saturated rings. The van der Waals surface area contributed by atoms with E-state index in [0.29, 0.717) is 25.7 Å². The summed E-state index contributed by atoms with van der Waals surface area (Å²) >= 11 is 0. The summed E-state index contributed by atoms with van der Waals surface area (Å²) in [5.74, 6) is -1.21. The first-order valence-electron chi connectivity index (χ1n) is 3.42. The fourth-order valence-corrected chi connectivity index (χ4v) is 1.18. The average Bonchev–Trinajstić information content (AvgIpc) is 1.88. The molecule has 1 rings (SSSR count). The van der Waals surface area contributed by atoms with Crippen LogP contribution in [0.25, 0.3) is 0 Å². The lowest BCUT2D eigenvalue weighted by molar-refractivity contribution is -0.312. The van der Waals surface area contributed by atoms with Crippen molar-refractivity contribution in [2.45, 2.75) is 25.7 Å². The predicted octanol–water partition coefficient (Wildman–Crippen LogP) is -0.504. The lowest BCUT2D eigenvalue weighted by atomic mass is 9.89. The Kier molecular flexibility index (Phi) is 2.04. The highest BCUT2D eigenvalue weighted by Gasteiger charge is 2.18. The van der Waals surface area contributed by atoms with Crippen LogP contribution in [0.3, 0.4) is 0 Å². The van der Waals surface area contributed by atoms with Gasteiger partial charge in [-0.2, -0.15) is 0 Å². The topological polar surface area (TPSA) is 57.2 Å². The Morgan fingerprint density at radius 2 is 1.90 bits per heavy atom. The van der Waals surface area contributed by atoms with Gasteiger partial charge in [0, 0.05) is 18.8 Å². The minimum absolute atomic E-state index is 0.178. The lowest BCUT2D eigenvalue weighted by Gasteiger charge is -2.20. The minimum Gasteiger partial charge on any atom is -0.550 e. The van der Waals surface area contributed by atoms with Crippen LogP contribution in [0.15, 0.2) is 0 Å². The van der Waals surface area contributed by atoms with Crippen LogP contribution in [0.4, 0.5) is 0 Å². The number of carboxylic acids is 1. The first-order chi connectivity index (χ1) is 4.70. The van der Waals surface area contributed by atoms with E-state index in [-0.39, 0.29) is 11.7 Å². The predicted molar refractivity (Wildman–Crippen MR) is 32.0 cm³/mol. The van der Waals surface area contributed by atoms with Gasteiger partial charge in [-0.3, -0.25) is 4.79 Å². The van der Waals surface area contributed by atoms with Gasteiger partial charge in [0.2, 0.25) is 0 Å². The molecule has 0 bridgehead atoms. The molecule has 1 aliphatic rings. The maximum Gasteiger partial charge on any atom is 0.132 e. The maximum atomic E-state index is 10.6. The molecule has 0 aromatic rings. The third-order valence-corrected chi connectivity index (χ3v) is 1.88. The highest BCUT2D eigenvalue weighted by Crippen LogP contribution is 2.20. The van der Waals surface area contributed by atoms with Gasteiger partial charge in [-0.25, -0.2) is 0 Å². The van der Waals surface area contributed by atoms with E-state index >= 15 is 0 Å². The Hall–Kier alpha value is -0.860. The van der Waals surface area contributed by atoms with Gasteiger partial charge in [-0.15, -0.1) is 0 Å². The summed E-state index contributed by atoms with van der Waals surface area (Å²) in [6, 6.07) is 0. The third-order valence-electron chi connectivity index (χ3n) is 1.88. The number of aliphatic carboxylic acids is 1. The van der Waals surface area contributed by atoms with Gasteiger partial charge in [0.1, 0.15) is 5.78 Å². The second-order valence-electron chi connectivity index (χ2n) is 2.63. The van der Waals surface area contributed by atoms with E-state index in [4.69, 9.17) is 0 Å². The zero-order chi connectivity index (χ0) is 7.56. The molecule has 0 unspecified atom stereocenters. The van der Waals surface area contributed by atoms with Crippen molar-refractivity contribution in [3.8, 4) is 0 Å². The first-order valence-corrected chi connectivity index (χ1v) is 3.42. The molecule has 0 amide bonds. The molecule has 56 valence electrons. The van der Waals surface area contributed by atoms with Gasteiger partial charge >= 0.3 is 0 Å². The molecular weight excluding hydrogens is 132 g/mol. The van der Waals surface area contributed by atoms with Gasteiger partial charge in [0.15, 0.2) is 0 Å². The van der Waals surface area contributed by atoms with Crippen LogP contribution in [-0.2, 0) is 9.59 Å². The summed E-state index contributed by atoms with van der Waals surface area (Å²) in [7, 11) is 0. The van der Waals surface area contributed by atoms with Gasteiger partial charge in [-0.05, 0) is 18.8 Å². The summed E-state index contributed by atoms with van der Waals surface area (Å²) < 4.78 is 0. The molecule has 0 radical (unpaired) electrons. The summed E-state index contributed by atoms with van der Waals surface area (Å²) in [4.78, 5) is 20.9. The second-order valence-corrected chi connectivity index (χ2v) is 2.63. The molecule has 0 atom stereocenters. The maximum absolute atomic E-state index is 10.6. The third kappa shape index (κ3) is 1.56. The van der Waals surface area contributed by atoms with Crippen LogP contribution in [0, 0.1) is 5.92 Å². The van der Waals surface area contributed by atoms with Crippen LogP contribution in [0.5, 0.6) is 0 Å². The van der Waals surface area contributed by atoms with Crippen LogP contribution >= 0.6 is 0 Å². The number of rotatable bonds is 1. The number of carboxylic acid groups (broad SMARTS) is 1. The summed E-state index contributed by atoms with van der Waals surface area (Å²) in [5.41, 5.74) is 0. The Balaban J connectivity index is 2.40. The van der Waals surface area contributed by atoms with Crippen LogP contribution < -0.4 is 5.11 Å². The molecule has 3 nitrogen and oxygen atoms in total. The van der Waals surface area contributed by atoms with E-state index in [0.717, 1.165) is 0 Å². The molecule has 0 heterocycles. The van der Waals surface area contributed by atoms with Crippen LogP contribution in [-0.4, -0.2) is 11.8 Å². The molecule has 0 aliphatic heterocycles. The Labute approximate surface area is 59.0 Å². The number of Topliss-reactive ketones (excluding diaryl/α,β-unsaturated/α-hetero) is 1. The van der Waals surface area contributed by atoms with Gasteiger partial charge in [-0.1, -0.05) is 0 Å². The fraction of sp³-hybridized carbons (Fsp3) is 0.714. The van der Waals surface area contributed by atoms with Gasteiger partial charge in [0.05, 0.1) is 0 Å². The second kappa shape index (κ2) is 2.82. The molecule has 3 heteroatoms. The average molecular weight is 141 g/mol. The smallest absolute Gasteiger partial charge is 0.132 e.